The van der Waals surface area contributed by atoms with Gasteiger partial charge in [0.1, 0.15) is 18.5 Å². The normalized spacial score (nSPS) is 16.2. The van der Waals surface area contributed by atoms with Crippen LogP contribution in [0.4, 0.5) is 0 Å². The first-order chi connectivity index (χ1) is 14.0. The van der Waals surface area contributed by atoms with Gasteiger partial charge >= 0.3 is 0 Å². The first-order valence-electron chi connectivity index (χ1n) is 10.4. The maximum atomic E-state index is 10.4. The molecule has 2 aromatic carbocycles. The van der Waals surface area contributed by atoms with E-state index in [0.717, 1.165) is 50.7 Å². The van der Waals surface area contributed by atoms with Crippen molar-refractivity contribution in [2.75, 3.05) is 46.5 Å². The van der Waals surface area contributed by atoms with E-state index in [4.69, 9.17) is 9.47 Å². The van der Waals surface area contributed by atoms with E-state index in [1.807, 2.05) is 26.1 Å². The monoisotopic (exact) mass is 398 g/mol. The largest absolute Gasteiger partial charge is 0.491 e. The van der Waals surface area contributed by atoms with Gasteiger partial charge in [-0.1, -0.05) is 42.0 Å². The van der Waals surface area contributed by atoms with Crippen LogP contribution in [-0.2, 0) is 17.8 Å². The van der Waals surface area contributed by atoms with Gasteiger partial charge in [0.2, 0.25) is 0 Å². The van der Waals surface area contributed by atoms with Gasteiger partial charge in [-0.05, 0) is 43.7 Å². The molecule has 0 amide bonds. The van der Waals surface area contributed by atoms with Crippen molar-refractivity contribution in [3.63, 3.8) is 0 Å². The number of ether oxygens (including phenoxy) is 2. The summed E-state index contributed by atoms with van der Waals surface area (Å²) in [6.07, 6.45) is -0.530. The number of hydrogen-bond donors (Lipinski definition) is 1. The summed E-state index contributed by atoms with van der Waals surface area (Å²) in [4.78, 5) is 4.57. The van der Waals surface area contributed by atoms with Crippen LogP contribution >= 0.6 is 0 Å². The topological polar surface area (TPSA) is 45.2 Å². The number of rotatable bonds is 9. The van der Waals surface area contributed by atoms with Crippen LogP contribution in [-0.4, -0.2) is 67.5 Å². The number of nitrogens with zero attached hydrogens (tertiary/aromatic N) is 2. The zero-order valence-corrected chi connectivity index (χ0v) is 17.9. The van der Waals surface area contributed by atoms with Gasteiger partial charge < -0.3 is 14.6 Å². The predicted molar refractivity (Wildman–Crippen MR) is 116 cm³/mol. The number of benzene rings is 2. The summed E-state index contributed by atoms with van der Waals surface area (Å²) in [5, 5.41) is 10.4. The molecule has 1 atom stereocenters. The molecule has 0 bridgehead atoms. The highest BCUT2D eigenvalue weighted by Gasteiger charge is 2.13. The van der Waals surface area contributed by atoms with E-state index in [1.165, 1.54) is 16.7 Å². The van der Waals surface area contributed by atoms with Gasteiger partial charge in [-0.3, -0.25) is 9.80 Å². The number of likely N-dealkylation sites (N-methyl/N-ethyl adjacent to an activating group) is 1. The lowest BCUT2D eigenvalue weighted by Gasteiger charge is -2.27. The molecule has 3 rings (SSSR count). The Bertz CT molecular complexity index is 774. The molecule has 29 heavy (non-hydrogen) atoms. The fraction of sp³-hybridized carbons (Fsp3) is 0.500. The Balaban J connectivity index is 1.45. The van der Waals surface area contributed by atoms with E-state index in [-0.39, 0.29) is 0 Å². The molecule has 0 unspecified atom stereocenters. The van der Waals surface area contributed by atoms with Gasteiger partial charge in [-0.15, -0.1) is 0 Å². The number of aliphatic hydroxyl groups is 1. The van der Waals surface area contributed by atoms with Crippen LogP contribution in [0.5, 0.6) is 5.75 Å². The molecule has 2 aromatic rings. The van der Waals surface area contributed by atoms with Crippen molar-refractivity contribution in [1.82, 2.24) is 9.80 Å². The van der Waals surface area contributed by atoms with Crippen LogP contribution in [0.1, 0.15) is 22.3 Å². The van der Waals surface area contributed by atoms with Crippen molar-refractivity contribution in [3.8, 4) is 5.75 Å². The van der Waals surface area contributed by atoms with Crippen molar-refractivity contribution in [2.24, 2.45) is 0 Å². The molecule has 5 nitrogen and oxygen atoms in total. The second-order valence-electron chi connectivity index (χ2n) is 8.14. The Morgan fingerprint density at radius 2 is 1.86 bits per heavy atom. The molecular formula is C24H34N2O3. The summed E-state index contributed by atoms with van der Waals surface area (Å²) in [5.41, 5.74) is 4.91. The van der Waals surface area contributed by atoms with Crippen LogP contribution in [0.3, 0.4) is 0 Å². The highest BCUT2D eigenvalue weighted by Crippen LogP contribution is 2.19. The van der Waals surface area contributed by atoms with E-state index in [9.17, 15) is 5.11 Å². The van der Waals surface area contributed by atoms with Crippen molar-refractivity contribution in [2.45, 2.75) is 33.0 Å². The van der Waals surface area contributed by atoms with Gasteiger partial charge in [0.15, 0.2) is 0 Å². The van der Waals surface area contributed by atoms with E-state index in [2.05, 4.69) is 47.1 Å². The van der Waals surface area contributed by atoms with Crippen molar-refractivity contribution in [1.29, 1.82) is 0 Å². The molecule has 1 aliphatic heterocycles. The lowest BCUT2D eigenvalue weighted by atomic mass is 10.1. The van der Waals surface area contributed by atoms with Gasteiger partial charge in [0, 0.05) is 32.7 Å². The number of hydrogen-bond acceptors (Lipinski definition) is 5. The quantitative estimate of drug-likeness (QED) is 0.704. The molecule has 0 spiro atoms. The van der Waals surface area contributed by atoms with E-state index < -0.39 is 6.10 Å². The van der Waals surface area contributed by atoms with Crippen molar-refractivity contribution < 1.29 is 14.6 Å². The summed E-state index contributed by atoms with van der Waals surface area (Å²) in [6.45, 7) is 10.4. The third kappa shape index (κ3) is 7.12. The lowest BCUT2D eigenvalue weighted by molar-refractivity contribution is 0.0342. The van der Waals surface area contributed by atoms with E-state index >= 15 is 0 Å². The van der Waals surface area contributed by atoms with Crippen molar-refractivity contribution in [3.05, 3.63) is 64.7 Å². The van der Waals surface area contributed by atoms with Crippen LogP contribution in [0.2, 0.25) is 0 Å². The predicted octanol–water partition coefficient (Wildman–Crippen LogP) is 3.01. The summed E-state index contributed by atoms with van der Waals surface area (Å²) >= 11 is 0. The minimum atomic E-state index is -0.530. The SMILES string of the molecule is Cc1ccc(OC[C@@H](O)CN(C)Cc2cccc(CN3CCOCC3)c2)c(C)c1. The average Bonchev–Trinajstić information content (AvgIpc) is 2.68. The standard InChI is InChI=1S/C24H34N2O3/c1-19-7-8-24(20(2)13-19)29-18-23(27)17-25(3)15-21-5-4-6-22(14-21)16-26-9-11-28-12-10-26/h4-8,13-14,23,27H,9-12,15-18H2,1-3H3/t23-/m0/s1. The molecule has 0 aliphatic carbocycles. The third-order valence-electron chi connectivity index (χ3n) is 5.24. The minimum absolute atomic E-state index is 0.297. The Kier molecular flexibility index (Phi) is 8.07. The Hall–Kier alpha value is -1.92. The molecule has 1 saturated heterocycles. The smallest absolute Gasteiger partial charge is 0.122 e. The molecule has 0 saturated carbocycles. The van der Waals surface area contributed by atoms with Crippen LogP contribution in [0.25, 0.3) is 0 Å². The molecule has 0 aromatic heterocycles. The second kappa shape index (κ2) is 10.7. The highest BCUT2D eigenvalue weighted by molar-refractivity contribution is 5.35. The molecule has 1 aliphatic rings. The fourth-order valence-corrected chi connectivity index (χ4v) is 3.78. The zero-order chi connectivity index (χ0) is 20.6. The van der Waals surface area contributed by atoms with Crippen LogP contribution < -0.4 is 4.74 Å². The van der Waals surface area contributed by atoms with Gasteiger partial charge in [-0.25, -0.2) is 0 Å². The Morgan fingerprint density at radius 3 is 2.62 bits per heavy atom. The molecule has 1 N–H and O–H groups in total. The summed E-state index contributed by atoms with van der Waals surface area (Å²) in [5.74, 6) is 0.841. The van der Waals surface area contributed by atoms with Crippen LogP contribution in [0, 0.1) is 13.8 Å². The molecule has 5 heteroatoms. The van der Waals surface area contributed by atoms with Crippen LogP contribution in [0.15, 0.2) is 42.5 Å². The lowest BCUT2D eigenvalue weighted by Crippen LogP contribution is -2.35. The summed E-state index contributed by atoms with van der Waals surface area (Å²) in [6, 6.07) is 14.8. The first kappa shape index (κ1) is 21.8. The van der Waals surface area contributed by atoms with Gasteiger partial charge in [-0.2, -0.15) is 0 Å². The second-order valence-corrected chi connectivity index (χ2v) is 8.14. The number of aryl methyl sites for hydroxylation is 2. The first-order valence-corrected chi connectivity index (χ1v) is 10.4. The molecular weight excluding hydrogens is 364 g/mol. The molecule has 0 radical (unpaired) electrons. The van der Waals surface area contributed by atoms with Crippen molar-refractivity contribution >= 4 is 0 Å². The molecule has 1 heterocycles. The highest BCUT2D eigenvalue weighted by atomic mass is 16.5. The molecule has 158 valence electrons. The Labute approximate surface area is 174 Å². The third-order valence-corrected chi connectivity index (χ3v) is 5.24. The van der Waals surface area contributed by atoms with E-state index in [0.29, 0.717) is 13.2 Å². The van der Waals surface area contributed by atoms with Gasteiger partial charge in [0.25, 0.3) is 0 Å². The number of aliphatic hydroxyl groups excluding tert-OH is 1. The van der Waals surface area contributed by atoms with Gasteiger partial charge in [0.05, 0.1) is 13.2 Å². The maximum absolute atomic E-state index is 10.4. The Morgan fingerprint density at radius 1 is 1.10 bits per heavy atom. The minimum Gasteiger partial charge on any atom is -0.491 e. The average molecular weight is 399 g/mol. The fourth-order valence-electron chi connectivity index (χ4n) is 3.78. The molecule has 1 fully saturated rings. The number of morpholine rings is 1. The zero-order valence-electron chi connectivity index (χ0n) is 17.9. The summed E-state index contributed by atoms with van der Waals surface area (Å²) < 4.78 is 11.2. The summed E-state index contributed by atoms with van der Waals surface area (Å²) in [7, 11) is 2.04. The maximum Gasteiger partial charge on any atom is 0.122 e. The van der Waals surface area contributed by atoms with E-state index in [1.54, 1.807) is 0 Å².